The van der Waals surface area contributed by atoms with E-state index in [1.54, 1.807) is 0 Å². The molecule has 8 heteroatoms. The number of nitrogens with one attached hydrogen (secondary N) is 1. The van der Waals surface area contributed by atoms with Crippen molar-refractivity contribution >= 4 is 15.5 Å². The Morgan fingerprint density at radius 2 is 1.86 bits per heavy atom. The number of hydrogen-bond acceptors (Lipinski definition) is 4. The van der Waals surface area contributed by atoms with E-state index in [-0.39, 0.29) is 29.0 Å². The van der Waals surface area contributed by atoms with Crippen LogP contribution in [0.4, 0.5) is 18.9 Å². The molecule has 0 atom stereocenters. The highest BCUT2D eigenvalue weighted by Crippen LogP contribution is 2.37. The van der Waals surface area contributed by atoms with Gasteiger partial charge >= 0.3 is 6.18 Å². The van der Waals surface area contributed by atoms with Crippen molar-refractivity contribution in [2.75, 3.05) is 23.9 Å². The van der Waals surface area contributed by atoms with Gasteiger partial charge in [0.1, 0.15) is 15.6 Å². The van der Waals surface area contributed by atoms with Crippen molar-refractivity contribution in [3.05, 3.63) is 23.8 Å². The summed E-state index contributed by atoms with van der Waals surface area (Å²) in [5.74, 6) is 0.128. The molecule has 1 fully saturated rings. The number of sulfone groups is 1. The number of rotatable bonds is 3. The van der Waals surface area contributed by atoms with E-state index in [9.17, 15) is 21.6 Å². The van der Waals surface area contributed by atoms with Gasteiger partial charge in [-0.3, -0.25) is 0 Å². The van der Waals surface area contributed by atoms with Crippen molar-refractivity contribution in [1.29, 1.82) is 0 Å². The Labute approximate surface area is 121 Å². The van der Waals surface area contributed by atoms with Crippen LogP contribution in [-0.4, -0.2) is 33.1 Å². The third-order valence-corrected chi connectivity index (χ3v) is 5.16. The van der Waals surface area contributed by atoms with Crippen LogP contribution >= 0.6 is 0 Å². The molecule has 1 aliphatic rings. The molecular formula is C13H16F3NO3S. The first-order valence-corrected chi connectivity index (χ1v) is 8.25. The molecule has 0 aromatic heterocycles. The molecule has 1 saturated heterocycles. The molecule has 1 N–H and O–H groups in total. The summed E-state index contributed by atoms with van der Waals surface area (Å²) in [6, 6.07) is 3.41. The number of alkyl halides is 3. The van der Waals surface area contributed by atoms with E-state index >= 15 is 0 Å². The van der Waals surface area contributed by atoms with Gasteiger partial charge in [-0.25, -0.2) is 8.42 Å². The lowest BCUT2D eigenvalue weighted by Gasteiger charge is -2.26. The van der Waals surface area contributed by atoms with E-state index in [1.165, 1.54) is 19.2 Å². The summed E-state index contributed by atoms with van der Waals surface area (Å²) in [4.78, 5) is 0. The molecule has 21 heavy (non-hydrogen) atoms. The van der Waals surface area contributed by atoms with Gasteiger partial charge in [0.15, 0.2) is 0 Å². The summed E-state index contributed by atoms with van der Waals surface area (Å²) in [5, 5.41) is 2.81. The Morgan fingerprint density at radius 3 is 2.38 bits per heavy atom. The summed E-state index contributed by atoms with van der Waals surface area (Å²) in [7, 11) is -1.74. The zero-order valence-corrected chi connectivity index (χ0v) is 12.2. The molecule has 1 aliphatic heterocycles. The molecular weight excluding hydrogens is 307 g/mol. The minimum absolute atomic E-state index is 0.00216. The van der Waals surface area contributed by atoms with Gasteiger partial charge in [0.25, 0.3) is 0 Å². The second-order valence-electron chi connectivity index (χ2n) is 4.98. The van der Waals surface area contributed by atoms with Crippen LogP contribution in [0.25, 0.3) is 0 Å². The maximum absolute atomic E-state index is 13.1. The summed E-state index contributed by atoms with van der Waals surface area (Å²) in [5.41, 5.74) is -0.858. The monoisotopic (exact) mass is 323 g/mol. The molecule has 0 bridgehead atoms. The van der Waals surface area contributed by atoms with Crippen LogP contribution in [-0.2, 0) is 16.0 Å². The Kier molecular flexibility index (Phi) is 4.36. The zero-order valence-electron chi connectivity index (χ0n) is 11.4. The smallest absolute Gasteiger partial charge is 0.418 e. The van der Waals surface area contributed by atoms with E-state index in [1.807, 2.05) is 0 Å². The Hall–Kier alpha value is -1.44. The molecule has 4 nitrogen and oxygen atoms in total. The largest absolute Gasteiger partial charge is 0.497 e. The highest BCUT2D eigenvalue weighted by atomic mass is 32.2. The SMILES string of the molecule is COc1ccc(NC2CCS(=O)(=O)CC2)c(C(F)(F)F)c1. The standard InChI is InChI=1S/C13H16F3NO3S/c1-20-10-2-3-12(11(8-10)13(14,15)16)17-9-4-6-21(18,19)7-5-9/h2-3,8-9,17H,4-7H2,1H3. The highest BCUT2D eigenvalue weighted by Gasteiger charge is 2.35. The van der Waals surface area contributed by atoms with E-state index in [0.29, 0.717) is 12.8 Å². The lowest BCUT2D eigenvalue weighted by atomic mass is 10.1. The van der Waals surface area contributed by atoms with Crippen molar-refractivity contribution in [1.82, 2.24) is 0 Å². The van der Waals surface area contributed by atoms with Crippen LogP contribution in [0.3, 0.4) is 0 Å². The first-order chi connectivity index (χ1) is 9.71. The zero-order chi connectivity index (χ0) is 15.7. The number of methoxy groups -OCH3 is 1. The summed E-state index contributed by atoms with van der Waals surface area (Å²) in [6.45, 7) is 0. The highest BCUT2D eigenvalue weighted by molar-refractivity contribution is 7.91. The average Bonchev–Trinajstić information content (AvgIpc) is 2.40. The number of halogens is 3. The predicted molar refractivity (Wildman–Crippen MR) is 73.3 cm³/mol. The third-order valence-electron chi connectivity index (χ3n) is 3.45. The van der Waals surface area contributed by atoms with E-state index < -0.39 is 21.6 Å². The van der Waals surface area contributed by atoms with Crippen LogP contribution in [0.2, 0.25) is 0 Å². The van der Waals surface area contributed by atoms with Crippen LogP contribution in [0.5, 0.6) is 5.75 Å². The number of anilines is 1. The topological polar surface area (TPSA) is 55.4 Å². The Balaban J connectivity index is 2.20. The first-order valence-electron chi connectivity index (χ1n) is 6.43. The molecule has 1 aromatic rings. The number of hydrogen-bond donors (Lipinski definition) is 1. The molecule has 0 amide bonds. The van der Waals surface area contributed by atoms with Gasteiger partial charge in [0, 0.05) is 11.7 Å². The van der Waals surface area contributed by atoms with E-state index in [0.717, 1.165) is 6.07 Å². The molecule has 2 rings (SSSR count). The minimum atomic E-state index is -4.50. The van der Waals surface area contributed by atoms with Gasteiger partial charge in [-0.1, -0.05) is 0 Å². The van der Waals surface area contributed by atoms with Crippen molar-refractivity contribution in [3.8, 4) is 5.75 Å². The summed E-state index contributed by atoms with van der Waals surface area (Å²) < 4.78 is 66.6. The lowest BCUT2D eigenvalue weighted by molar-refractivity contribution is -0.137. The maximum Gasteiger partial charge on any atom is 0.418 e. The van der Waals surface area contributed by atoms with Crippen LogP contribution in [0, 0.1) is 0 Å². The van der Waals surface area contributed by atoms with Gasteiger partial charge in [0.2, 0.25) is 0 Å². The van der Waals surface area contributed by atoms with Crippen molar-refractivity contribution in [2.24, 2.45) is 0 Å². The second-order valence-corrected chi connectivity index (χ2v) is 7.28. The van der Waals surface area contributed by atoms with E-state index in [4.69, 9.17) is 4.74 Å². The average molecular weight is 323 g/mol. The molecule has 0 unspecified atom stereocenters. The predicted octanol–water partition coefficient (Wildman–Crippen LogP) is 2.70. The fourth-order valence-electron chi connectivity index (χ4n) is 2.27. The Morgan fingerprint density at radius 1 is 1.24 bits per heavy atom. The quantitative estimate of drug-likeness (QED) is 0.929. The van der Waals surface area contributed by atoms with Crippen molar-refractivity contribution in [3.63, 3.8) is 0 Å². The van der Waals surface area contributed by atoms with E-state index in [2.05, 4.69) is 5.32 Å². The second kappa shape index (κ2) is 5.75. The van der Waals surface area contributed by atoms with Gasteiger partial charge in [-0.15, -0.1) is 0 Å². The molecule has 0 aliphatic carbocycles. The van der Waals surface area contributed by atoms with Gasteiger partial charge in [0.05, 0.1) is 24.2 Å². The third kappa shape index (κ3) is 4.03. The molecule has 1 heterocycles. The molecule has 0 spiro atoms. The molecule has 0 saturated carbocycles. The van der Waals surface area contributed by atoms with Crippen LogP contribution in [0.15, 0.2) is 18.2 Å². The van der Waals surface area contributed by atoms with Gasteiger partial charge < -0.3 is 10.1 Å². The normalized spacial score (nSPS) is 19.2. The first kappa shape index (κ1) is 15.9. The van der Waals surface area contributed by atoms with Crippen molar-refractivity contribution in [2.45, 2.75) is 25.1 Å². The minimum Gasteiger partial charge on any atom is -0.497 e. The number of ether oxygens (including phenoxy) is 1. The summed E-state index contributed by atoms with van der Waals surface area (Å²) >= 11 is 0. The van der Waals surface area contributed by atoms with Gasteiger partial charge in [-0.2, -0.15) is 13.2 Å². The van der Waals surface area contributed by atoms with Crippen molar-refractivity contribution < 1.29 is 26.3 Å². The molecule has 0 radical (unpaired) electrons. The Bertz CT molecular complexity index is 600. The fraction of sp³-hybridized carbons (Fsp3) is 0.538. The number of benzene rings is 1. The lowest BCUT2D eigenvalue weighted by Crippen LogP contribution is -2.32. The molecule has 1 aromatic carbocycles. The van der Waals surface area contributed by atoms with Crippen LogP contribution < -0.4 is 10.1 Å². The maximum atomic E-state index is 13.1. The molecule has 118 valence electrons. The fourth-order valence-corrected chi connectivity index (χ4v) is 3.76. The van der Waals surface area contributed by atoms with Crippen LogP contribution in [0.1, 0.15) is 18.4 Å². The summed E-state index contributed by atoms with van der Waals surface area (Å²) in [6.07, 6.45) is -3.88. The van der Waals surface area contributed by atoms with Gasteiger partial charge in [-0.05, 0) is 31.0 Å².